The summed E-state index contributed by atoms with van der Waals surface area (Å²) in [6.07, 6.45) is 4.21. The highest BCUT2D eigenvalue weighted by Gasteiger charge is 2.33. The second kappa shape index (κ2) is 8.77. The molecule has 27 heavy (non-hydrogen) atoms. The summed E-state index contributed by atoms with van der Waals surface area (Å²) in [5.41, 5.74) is 0. The van der Waals surface area contributed by atoms with Gasteiger partial charge in [-0.25, -0.2) is 8.42 Å². The molecular formula is C19H30N2O5S. The van der Waals surface area contributed by atoms with E-state index in [0.29, 0.717) is 36.7 Å². The number of benzene rings is 1. The van der Waals surface area contributed by atoms with E-state index >= 15 is 0 Å². The van der Waals surface area contributed by atoms with Crippen molar-refractivity contribution in [3.05, 3.63) is 18.2 Å². The van der Waals surface area contributed by atoms with Crippen molar-refractivity contribution in [3.8, 4) is 11.5 Å². The maximum Gasteiger partial charge on any atom is 0.243 e. The molecule has 0 amide bonds. The first-order chi connectivity index (χ1) is 13.0. The summed E-state index contributed by atoms with van der Waals surface area (Å²) in [5, 5.41) is 0. The topological polar surface area (TPSA) is 68.3 Å². The van der Waals surface area contributed by atoms with Crippen LogP contribution in [0.25, 0.3) is 0 Å². The molecule has 0 spiro atoms. The second-order valence-corrected chi connectivity index (χ2v) is 9.06. The Morgan fingerprint density at radius 3 is 2.07 bits per heavy atom. The van der Waals surface area contributed by atoms with E-state index in [1.165, 1.54) is 20.3 Å². The first kappa shape index (κ1) is 20.4. The minimum atomic E-state index is -3.53. The van der Waals surface area contributed by atoms with E-state index in [0.717, 1.165) is 38.8 Å². The van der Waals surface area contributed by atoms with Gasteiger partial charge in [0.25, 0.3) is 0 Å². The highest BCUT2D eigenvalue weighted by Crippen LogP contribution is 2.32. The smallest absolute Gasteiger partial charge is 0.243 e. The number of hydrogen-bond acceptors (Lipinski definition) is 6. The molecular weight excluding hydrogens is 368 g/mol. The number of piperidine rings is 2. The molecule has 2 aliphatic heterocycles. The molecule has 2 saturated heterocycles. The zero-order valence-electron chi connectivity index (χ0n) is 16.4. The molecule has 0 atom stereocenters. The SMILES string of the molecule is COc1ccc(S(=O)(=O)N2CCC(N3CCC(OC)CC3)CC2)cc1OC. The molecule has 2 heterocycles. The largest absolute Gasteiger partial charge is 0.493 e. The summed E-state index contributed by atoms with van der Waals surface area (Å²) < 4.78 is 43.5. The minimum absolute atomic E-state index is 0.250. The molecule has 0 aliphatic carbocycles. The Labute approximate surface area is 162 Å². The van der Waals surface area contributed by atoms with Gasteiger partial charge in [-0.3, -0.25) is 0 Å². The maximum atomic E-state index is 13.0. The van der Waals surface area contributed by atoms with Gasteiger partial charge in [-0.15, -0.1) is 0 Å². The molecule has 8 heteroatoms. The lowest BCUT2D eigenvalue weighted by molar-refractivity contribution is 0.0190. The van der Waals surface area contributed by atoms with Crippen molar-refractivity contribution < 1.29 is 22.6 Å². The van der Waals surface area contributed by atoms with Crippen LogP contribution >= 0.6 is 0 Å². The van der Waals surface area contributed by atoms with Crippen LogP contribution in [0.3, 0.4) is 0 Å². The number of ether oxygens (including phenoxy) is 3. The van der Waals surface area contributed by atoms with Crippen LogP contribution in [0.4, 0.5) is 0 Å². The molecule has 2 fully saturated rings. The molecule has 3 rings (SSSR count). The first-order valence-corrected chi connectivity index (χ1v) is 10.9. The lowest BCUT2D eigenvalue weighted by Gasteiger charge is -2.41. The summed E-state index contributed by atoms with van der Waals surface area (Å²) in [6.45, 7) is 3.16. The molecule has 7 nitrogen and oxygen atoms in total. The summed E-state index contributed by atoms with van der Waals surface area (Å²) in [4.78, 5) is 2.75. The first-order valence-electron chi connectivity index (χ1n) is 9.48. The van der Waals surface area contributed by atoms with Crippen LogP contribution in [-0.2, 0) is 14.8 Å². The number of rotatable bonds is 6. The van der Waals surface area contributed by atoms with Crippen molar-refractivity contribution in [1.82, 2.24) is 9.21 Å². The highest BCUT2D eigenvalue weighted by molar-refractivity contribution is 7.89. The average Bonchev–Trinajstić information content (AvgIpc) is 2.73. The number of sulfonamides is 1. The van der Waals surface area contributed by atoms with Gasteiger partial charge in [-0.05, 0) is 37.8 Å². The van der Waals surface area contributed by atoms with E-state index in [9.17, 15) is 8.42 Å². The van der Waals surface area contributed by atoms with Crippen LogP contribution in [0.5, 0.6) is 11.5 Å². The van der Waals surface area contributed by atoms with Crippen molar-refractivity contribution in [1.29, 1.82) is 0 Å². The molecule has 0 radical (unpaired) electrons. The van der Waals surface area contributed by atoms with Crippen molar-refractivity contribution in [3.63, 3.8) is 0 Å². The van der Waals surface area contributed by atoms with Crippen LogP contribution in [0.1, 0.15) is 25.7 Å². The Morgan fingerprint density at radius 2 is 1.52 bits per heavy atom. The van der Waals surface area contributed by atoms with E-state index in [1.807, 2.05) is 0 Å². The van der Waals surface area contributed by atoms with Gasteiger partial charge < -0.3 is 19.1 Å². The van der Waals surface area contributed by atoms with Crippen molar-refractivity contribution in [2.24, 2.45) is 0 Å². The Hall–Kier alpha value is -1.35. The molecule has 0 unspecified atom stereocenters. The van der Waals surface area contributed by atoms with Gasteiger partial charge in [0.05, 0.1) is 25.2 Å². The molecule has 0 bridgehead atoms. The molecule has 0 aromatic heterocycles. The molecule has 0 N–H and O–H groups in total. The fourth-order valence-corrected chi connectivity index (χ4v) is 5.54. The third-order valence-electron chi connectivity index (χ3n) is 5.74. The van der Waals surface area contributed by atoms with E-state index in [4.69, 9.17) is 14.2 Å². The predicted octanol–water partition coefficient (Wildman–Crippen LogP) is 1.97. The van der Waals surface area contributed by atoms with Crippen LogP contribution in [0, 0.1) is 0 Å². The Bertz CT molecular complexity index is 724. The Morgan fingerprint density at radius 1 is 0.889 bits per heavy atom. The van der Waals surface area contributed by atoms with Crippen molar-refractivity contribution >= 4 is 10.0 Å². The van der Waals surface area contributed by atoms with E-state index in [1.54, 1.807) is 23.5 Å². The Kier molecular flexibility index (Phi) is 6.62. The molecule has 2 aliphatic rings. The van der Waals surface area contributed by atoms with Crippen LogP contribution < -0.4 is 9.47 Å². The quantitative estimate of drug-likeness (QED) is 0.730. The fourth-order valence-electron chi connectivity index (χ4n) is 4.05. The van der Waals surface area contributed by atoms with Gasteiger partial charge in [0, 0.05) is 45.4 Å². The van der Waals surface area contributed by atoms with Gasteiger partial charge in [0.2, 0.25) is 10.0 Å². The number of hydrogen-bond donors (Lipinski definition) is 0. The number of methoxy groups -OCH3 is 3. The predicted molar refractivity (Wildman–Crippen MR) is 103 cm³/mol. The molecule has 0 saturated carbocycles. The van der Waals surface area contributed by atoms with Crippen LogP contribution in [-0.4, -0.2) is 77.3 Å². The third kappa shape index (κ3) is 4.39. The van der Waals surface area contributed by atoms with Gasteiger partial charge in [0.15, 0.2) is 11.5 Å². The van der Waals surface area contributed by atoms with Crippen molar-refractivity contribution in [2.75, 3.05) is 47.5 Å². The van der Waals surface area contributed by atoms with E-state index < -0.39 is 10.0 Å². The fraction of sp³-hybridized carbons (Fsp3) is 0.684. The molecule has 1 aromatic rings. The minimum Gasteiger partial charge on any atom is -0.493 e. The van der Waals surface area contributed by atoms with Gasteiger partial charge in [-0.1, -0.05) is 0 Å². The number of likely N-dealkylation sites (tertiary alicyclic amines) is 1. The lowest BCUT2D eigenvalue weighted by Crippen LogP contribution is -2.49. The number of nitrogens with zero attached hydrogens (tertiary/aromatic N) is 2. The standard InChI is InChI=1S/C19H30N2O5S/c1-24-16-8-10-20(11-9-16)15-6-12-21(13-7-15)27(22,23)17-4-5-18(25-2)19(14-17)26-3/h4-5,14-16H,6-13H2,1-3H3. The van der Waals surface area contributed by atoms with Crippen LogP contribution in [0.15, 0.2) is 23.1 Å². The zero-order valence-corrected chi connectivity index (χ0v) is 17.2. The normalized spacial score (nSPS) is 21.3. The van der Waals surface area contributed by atoms with Gasteiger partial charge in [-0.2, -0.15) is 4.31 Å². The van der Waals surface area contributed by atoms with Crippen molar-refractivity contribution in [2.45, 2.75) is 42.7 Å². The Balaban J connectivity index is 1.63. The summed E-state index contributed by atoms with van der Waals surface area (Å²) in [7, 11) is 1.29. The highest BCUT2D eigenvalue weighted by atomic mass is 32.2. The average molecular weight is 399 g/mol. The summed E-state index contributed by atoms with van der Waals surface area (Å²) >= 11 is 0. The van der Waals surface area contributed by atoms with E-state index in [2.05, 4.69) is 4.90 Å². The lowest BCUT2D eigenvalue weighted by atomic mass is 10.00. The summed E-state index contributed by atoms with van der Waals surface area (Å²) in [5.74, 6) is 0.948. The zero-order chi connectivity index (χ0) is 19.4. The molecule has 1 aromatic carbocycles. The second-order valence-electron chi connectivity index (χ2n) is 7.12. The maximum absolute atomic E-state index is 13.0. The van der Waals surface area contributed by atoms with Crippen LogP contribution in [0.2, 0.25) is 0 Å². The monoisotopic (exact) mass is 398 g/mol. The summed E-state index contributed by atoms with van der Waals surface area (Å²) in [6, 6.07) is 5.21. The van der Waals surface area contributed by atoms with E-state index in [-0.39, 0.29) is 4.90 Å². The van der Waals surface area contributed by atoms with Gasteiger partial charge >= 0.3 is 0 Å². The van der Waals surface area contributed by atoms with Gasteiger partial charge in [0.1, 0.15) is 0 Å². The third-order valence-corrected chi connectivity index (χ3v) is 7.64. The molecule has 152 valence electrons.